The van der Waals surface area contributed by atoms with Crippen molar-refractivity contribution in [1.29, 1.82) is 0 Å². The molecule has 0 aliphatic carbocycles. The van der Waals surface area contributed by atoms with Crippen LogP contribution in [-0.4, -0.2) is 13.9 Å². The van der Waals surface area contributed by atoms with Gasteiger partial charge in [-0.2, -0.15) is 0 Å². The van der Waals surface area contributed by atoms with Crippen LogP contribution in [0.4, 0.5) is 0 Å². The van der Waals surface area contributed by atoms with Gasteiger partial charge >= 0.3 is 0 Å². The van der Waals surface area contributed by atoms with E-state index in [1.165, 1.54) is 5.56 Å². The highest BCUT2D eigenvalue weighted by molar-refractivity contribution is 14.1. The quantitative estimate of drug-likeness (QED) is 0.434. The molecule has 0 N–H and O–H groups in total. The molecule has 92 valence electrons. The third kappa shape index (κ3) is 4.75. The summed E-state index contributed by atoms with van der Waals surface area (Å²) in [6.07, 6.45) is 1.47. The second kappa shape index (κ2) is 6.49. The van der Waals surface area contributed by atoms with Gasteiger partial charge in [-0.1, -0.05) is 72.6 Å². The zero-order valence-electron chi connectivity index (χ0n) is 10.7. The molecular formula is C14H19IOSi. The minimum atomic E-state index is -1.48. The highest BCUT2D eigenvalue weighted by Gasteiger charge is 2.24. The molecule has 0 aliphatic rings. The van der Waals surface area contributed by atoms with Crippen molar-refractivity contribution in [3.8, 4) is 0 Å². The van der Waals surface area contributed by atoms with E-state index in [0.29, 0.717) is 12.2 Å². The number of halogens is 1. The van der Waals surface area contributed by atoms with Crippen LogP contribution in [0.15, 0.2) is 39.6 Å². The molecule has 0 unspecified atom stereocenters. The summed E-state index contributed by atoms with van der Waals surface area (Å²) in [5.74, 6) is 0.322. The van der Waals surface area contributed by atoms with E-state index in [-0.39, 0.29) is 0 Å². The Morgan fingerprint density at radius 2 is 1.82 bits per heavy atom. The summed E-state index contributed by atoms with van der Waals surface area (Å²) in [5.41, 5.74) is 1.24. The van der Waals surface area contributed by atoms with E-state index >= 15 is 0 Å². The van der Waals surface area contributed by atoms with Gasteiger partial charge in [0.25, 0.3) is 0 Å². The number of allylic oxidation sites excluding steroid dienone is 1. The van der Waals surface area contributed by atoms with Crippen LogP contribution in [-0.2, 0) is 11.2 Å². The van der Waals surface area contributed by atoms with Crippen LogP contribution < -0.4 is 0 Å². The van der Waals surface area contributed by atoms with Crippen LogP contribution >= 0.6 is 22.6 Å². The Balaban J connectivity index is 2.62. The van der Waals surface area contributed by atoms with Gasteiger partial charge in [-0.05, 0) is 21.3 Å². The van der Waals surface area contributed by atoms with Crippen molar-refractivity contribution in [3.63, 3.8) is 0 Å². The molecule has 1 rings (SSSR count). The molecule has 0 atom stereocenters. The van der Waals surface area contributed by atoms with Gasteiger partial charge in [0.1, 0.15) is 0 Å². The number of hydrogen-bond donors (Lipinski definition) is 0. The molecule has 0 aromatic heterocycles. The maximum absolute atomic E-state index is 12.2. The zero-order chi connectivity index (χ0) is 12.9. The number of carbonyl (C=O) groups excluding carboxylic acids is 1. The number of carbonyl (C=O) groups is 1. The molecule has 0 amide bonds. The van der Waals surface area contributed by atoms with E-state index < -0.39 is 8.07 Å². The first-order valence-corrected chi connectivity index (χ1v) is 10.6. The van der Waals surface area contributed by atoms with Gasteiger partial charge in [-0.25, -0.2) is 0 Å². The summed E-state index contributed by atoms with van der Waals surface area (Å²) in [6, 6.07) is 10.2. The van der Waals surface area contributed by atoms with Crippen LogP contribution in [0.25, 0.3) is 0 Å². The number of aryl methyl sites for hydroxylation is 1. The van der Waals surface area contributed by atoms with Gasteiger partial charge in [0.2, 0.25) is 0 Å². The van der Waals surface area contributed by atoms with E-state index in [2.05, 4.69) is 54.4 Å². The maximum Gasteiger partial charge on any atom is 0.155 e. The summed E-state index contributed by atoms with van der Waals surface area (Å²) in [5, 5.41) is 1.06. The fraction of sp³-hybridized carbons (Fsp3) is 0.357. The highest BCUT2D eigenvalue weighted by Crippen LogP contribution is 2.19. The number of Topliss-reactive ketones (excluding diaryl/α,β-unsaturated/α-hetero) is 1. The van der Waals surface area contributed by atoms with Gasteiger partial charge in [-0.3, -0.25) is 4.79 Å². The van der Waals surface area contributed by atoms with Crippen molar-refractivity contribution in [2.45, 2.75) is 32.5 Å². The van der Waals surface area contributed by atoms with Crippen LogP contribution in [0, 0.1) is 0 Å². The predicted molar refractivity (Wildman–Crippen MR) is 85.2 cm³/mol. The zero-order valence-corrected chi connectivity index (χ0v) is 13.8. The molecule has 1 aromatic rings. The van der Waals surface area contributed by atoms with Crippen LogP contribution in [0.2, 0.25) is 19.6 Å². The maximum atomic E-state index is 12.2. The van der Waals surface area contributed by atoms with Crippen molar-refractivity contribution in [3.05, 3.63) is 45.2 Å². The molecule has 17 heavy (non-hydrogen) atoms. The molecule has 0 aliphatic heterocycles. The summed E-state index contributed by atoms with van der Waals surface area (Å²) >= 11 is 2.20. The molecule has 0 heterocycles. The lowest BCUT2D eigenvalue weighted by Gasteiger charge is -2.18. The third-order valence-corrected chi connectivity index (χ3v) is 5.95. The Hall–Kier alpha value is -0.423. The summed E-state index contributed by atoms with van der Waals surface area (Å²) in [7, 11) is -1.48. The molecule has 0 radical (unpaired) electrons. The fourth-order valence-electron chi connectivity index (χ4n) is 1.68. The Morgan fingerprint density at radius 3 is 2.29 bits per heavy atom. The number of hydrogen-bond acceptors (Lipinski definition) is 1. The SMILES string of the molecule is C[Si](C)(C)/C(=C/I)C(=O)CCc1ccccc1. The van der Waals surface area contributed by atoms with Crippen molar-refractivity contribution < 1.29 is 4.79 Å². The smallest absolute Gasteiger partial charge is 0.155 e. The molecule has 1 nitrogen and oxygen atoms in total. The molecular weight excluding hydrogens is 339 g/mol. The van der Waals surface area contributed by atoms with E-state index in [0.717, 1.165) is 11.6 Å². The Morgan fingerprint density at radius 1 is 1.24 bits per heavy atom. The average Bonchev–Trinajstić information content (AvgIpc) is 2.27. The van der Waals surface area contributed by atoms with E-state index in [4.69, 9.17) is 0 Å². The van der Waals surface area contributed by atoms with Gasteiger partial charge in [0.05, 0.1) is 8.07 Å². The minimum Gasteiger partial charge on any atom is -0.295 e. The number of rotatable bonds is 5. The average molecular weight is 358 g/mol. The lowest BCUT2D eigenvalue weighted by Crippen LogP contribution is -2.29. The van der Waals surface area contributed by atoms with Crippen molar-refractivity contribution in [2.24, 2.45) is 0 Å². The van der Waals surface area contributed by atoms with Crippen LogP contribution in [0.5, 0.6) is 0 Å². The van der Waals surface area contributed by atoms with Crippen molar-refractivity contribution >= 4 is 36.4 Å². The second-order valence-corrected chi connectivity index (χ2v) is 10.8. The van der Waals surface area contributed by atoms with Crippen LogP contribution in [0.1, 0.15) is 12.0 Å². The first-order valence-electron chi connectivity index (χ1n) is 5.83. The minimum absolute atomic E-state index is 0.322. The van der Waals surface area contributed by atoms with Gasteiger partial charge in [0.15, 0.2) is 5.78 Å². The van der Waals surface area contributed by atoms with Gasteiger partial charge < -0.3 is 0 Å². The van der Waals surface area contributed by atoms with E-state index in [9.17, 15) is 4.79 Å². The lowest BCUT2D eigenvalue weighted by molar-refractivity contribution is -0.115. The number of ketones is 1. The van der Waals surface area contributed by atoms with Crippen molar-refractivity contribution in [2.75, 3.05) is 0 Å². The normalized spacial score (nSPS) is 12.6. The third-order valence-electron chi connectivity index (χ3n) is 2.70. The van der Waals surface area contributed by atoms with Gasteiger partial charge in [-0.15, -0.1) is 0 Å². The largest absolute Gasteiger partial charge is 0.295 e. The lowest BCUT2D eigenvalue weighted by atomic mass is 10.1. The monoisotopic (exact) mass is 358 g/mol. The van der Waals surface area contributed by atoms with E-state index in [1.54, 1.807) is 0 Å². The molecule has 0 spiro atoms. The predicted octanol–water partition coefficient (Wildman–Crippen LogP) is 4.38. The molecule has 0 saturated carbocycles. The Bertz CT molecular complexity index is 404. The topological polar surface area (TPSA) is 17.1 Å². The second-order valence-electron chi connectivity index (χ2n) is 5.18. The summed E-state index contributed by atoms with van der Waals surface area (Å²) in [4.78, 5) is 12.2. The first kappa shape index (κ1) is 14.6. The van der Waals surface area contributed by atoms with E-state index in [1.807, 2.05) is 22.3 Å². The van der Waals surface area contributed by atoms with Gasteiger partial charge in [0, 0.05) is 6.42 Å². The Kier molecular flexibility index (Phi) is 5.59. The summed E-state index contributed by atoms with van der Waals surface area (Å²) < 4.78 is 1.98. The molecule has 0 saturated heterocycles. The standard InChI is InChI=1S/C14H19IOSi/c1-17(2,3)14(11-15)13(16)10-9-12-7-5-4-6-8-12/h4-8,11H,9-10H2,1-3H3/b14-11+. The molecule has 3 heteroatoms. The Labute approximate surface area is 118 Å². The molecule has 0 bridgehead atoms. The van der Waals surface area contributed by atoms with Crippen LogP contribution in [0.3, 0.4) is 0 Å². The number of benzene rings is 1. The molecule has 1 aromatic carbocycles. The first-order chi connectivity index (χ1) is 7.95. The van der Waals surface area contributed by atoms with Crippen molar-refractivity contribution in [1.82, 2.24) is 0 Å². The summed E-state index contributed by atoms with van der Waals surface area (Å²) in [6.45, 7) is 6.66. The molecule has 0 fully saturated rings. The fourth-order valence-corrected chi connectivity index (χ4v) is 6.12. The highest BCUT2D eigenvalue weighted by atomic mass is 127.